The molecule has 2 unspecified atom stereocenters. The summed E-state index contributed by atoms with van der Waals surface area (Å²) in [5.74, 6) is 0.233. The number of anilines is 1. The average molecular weight is 558 g/mol. The molecule has 2 N–H and O–H groups in total. The molecule has 0 saturated carbocycles. The van der Waals surface area contributed by atoms with E-state index in [-0.39, 0.29) is 30.3 Å². The first-order valence-corrected chi connectivity index (χ1v) is 16.3. The fourth-order valence-corrected chi connectivity index (χ4v) is 7.33. The standard InChI is InChI=1S/C29H51N3O3S.ClH/c1-5-7-8-9-10-11-12-16-28(33)31-27-15-13-14-25(23-27)22-24(3)32(21-6-2)29(36(4,34)35)26-17-19-30-20-18-26;/h13-15,23-24,26,29-30H,5-12,16-22H2,1-4H3,(H,31,33);1H. The largest absolute Gasteiger partial charge is 0.326 e. The smallest absolute Gasteiger partial charge is 0.224 e. The van der Waals surface area contributed by atoms with Gasteiger partial charge in [0.2, 0.25) is 5.91 Å². The molecule has 1 aliphatic heterocycles. The van der Waals surface area contributed by atoms with Crippen LogP contribution in [0.25, 0.3) is 0 Å². The fourth-order valence-electron chi connectivity index (χ4n) is 5.55. The molecular formula is C29H52ClN3O3S. The molecule has 0 aliphatic carbocycles. The van der Waals surface area contributed by atoms with E-state index in [9.17, 15) is 13.2 Å². The zero-order chi connectivity index (χ0) is 26.4. The molecular weight excluding hydrogens is 506 g/mol. The van der Waals surface area contributed by atoms with Gasteiger partial charge in [0.05, 0.1) is 0 Å². The van der Waals surface area contributed by atoms with Crippen molar-refractivity contribution in [2.75, 3.05) is 31.2 Å². The summed E-state index contributed by atoms with van der Waals surface area (Å²) in [6.07, 6.45) is 13.8. The summed E-state index contributed by atoms with van der Waals surface area (Å²) in [5.41, 5.74) is 1.95. The number of amides is 1. The van der Waals surface area contributed by atoms with Crippen molar-refractivity contribution in [2.24, 2.45) is 5.92 Å². The summed E-state index contributed by atoms with van der Waals surface area (Å²) in [6, 6.07) is 8.12. The summed E-state index contributed by atoms with van der Waals surface area (Å²) >= 11 is 0. The van der Waals surface area contributed by atoms with Crippen molar-refractivity contribution in [2.45, 2.75) is 109 Å². The molecule has 2 rings (SSSR count). The third-order valence-electron chi connectivity index (χ3n) is 7.35. The van der Waals surface area contributed by atoms with Gasteiger partial charge in [0, 0.05) is 24.4 Å². The number of rotatable bonds is 17. The molecule has 0 bridgehead atoms. The van der Waals surface area contributed by atoms with E-state index in [1.807, 2.05) is 18.2 Å². The second-order valence-corrected chi connectivity index (χ2v) is 12.9. The van der Waals surface area contributed by atoms with E-state index in [0.717, 1.165) is 69.4 Å². The van der Waals surface area contributed by atoms with Crippen LogP contribution in [-0.4, -0.2) is 56.5 Å². The van der Waals surface area contributed by atoms with Gasteiger partial charge in [-0.15, -0.1) is 12.4 Å². The van der Waals surface area contributed by atoms with E-state index in [4.69, 9.17) is 0 Å². The predicted octanol–water partition coefficient (Wildman–Crippen LogP) is 6.20. The first-order valence-electron chi connectivity index (χ1n) is 14.3. The lowest BCUT2D eigenvalue weighted by molar-refractivity contribution is -0.116. The Morgan fingerprint density at radius 3 is 2.32 bits per heavy atom. The quantitative estimate of drug-likeness (QED) is 0.223. The second kappa shape index (κ2) is 18.2. The Balaban J connectivity index is 0.00000684. The molecule has 1 saturated heterocycles. The van der Waals surface area contributed by atoms with Crippen molar-refractivity contribution in [1.82, 2.24) is 10.2 Å². The number of benzene rings is 1. The molecule has 1 heterocycles. The molecule has 2 atom stereocenters. The van der Waals surface area contributed by atoms with E-state index in [1.165, 1.54) is 38.4 Å². The number of hydrogen-bond acceptors (Lipinski definition) is 5. The van der Waals surface area contributed by atoms with Crippen LogP contribution < -0.4 is 10.6 Å². The highest BCUT2D eigenvalue weighted by Crippen LogP contribution is 2.28. The van der Waals surface area contributed by atoms with Crippen LogP contribution in [-0.2, 0) is 21.1 Å². The molecule has 37 heavy (non-hydrogen) atoms. The van der Waals surface area contributed by atoms with E-state index >= 15 is 0 Å². The van der Waals surface area contributed by atoms with Crippen LogP contribution in [0.1, 0.15) is 97.0 Å². The molecule has 0 spiro atoms. The van der Waals surface area contributed by atoms with E-state index in [2.05, 4.69) is 42.4 Å². The van der Waals surface area contributed by atoms with Gasteiger partial charge >= 0.3 is 0 Å². The predicted molar refractivity (Wildman–Crippen MR) is 159 cm³/mol. The third kappa shape index (κ3) is 12.5. The van der Waals surface area contributed by atoms with Crippen molar-refractivity contribution in [3.05, 3.63) is 29.8 Å². The second-order valence-electron chi connectivity index (χ2n) is 10.7. The van der Waals surface area contributed by atoms with Gasteiger partial charge in [-0.1, -0.05) is 64.5 Å². The number of sulfone groups is 1. The van der Waals surface area contributed by atoms with E-state index in [1.54, 1.807) is 0 Å². The molecule has 1 aliphatic rings. The van der Waals surface area contributed by atoms with Gasteiger partial charge in [-0.25, -0.2) is 8.42 Å². The molecule has 1 fully saturated rings. The van der Waals surface area contributed by atoms with Crippen LogP contribution in [0, 0.1) is 5.92 Å². The van der Waals surface area contributed by atoms with Gasteiger partial charge in [0.25, 0.3) is 0 Å². The van der Waals surface area contributed by atoms with Crippen LogP contribution in [0.4, 0.5) is 5.69 Å². The maximum absolute atomic E-state index is 12.9. The van der Waals surface area contributed by atoms with Crippen molar-refractivity contribution in [1.29, 1.82) is 0 Å². The highest BCUT2D eigenvalue weighted by molar-refractivity contribution is 7.91. The number of piperidine rings is 1. The maximum Gasteiger partial charge on any atom is 0.224 e. The van der Waals surface area contributed by atoms with Crippen molar-refractivity contribution in [3.63, 3.8) is 0 Å². The van der Waals surface area contributed by atoms with Crippen molar-refractivity contribution >= 4 is 33.8 Å². The number of carbonyl (C=O) groups excluding carboxylic acids is 1. The monoisotopic (exact) mass is 557 g/mol. The normalized spacial score (nSPS) is 16.2. The Morgan fingerprint density at radius 2 is 1.70 bits per heavy atom. The zero-order valence-corrected chi connectivity index (χ0v) is 25.3. The summed E-state index contributed by atoms with van der Waals surface area (Å²) in [5, 5.41) is 5.98. The minimum absolute atomic E-state index is 0. The Kier molecular flexibility index (Phi) is 16.7. The lowest BCUT2D eigenvalue weighted by Crippen LogP contribution is -2.52. The Hall–Kier alpha value is -1.15. The lowest BCUT2D eigenvalue weighted by Gasteiger charge is -2.41. The van der Waals surface area contributed by atoms with Crippen LogP contribution in [0.2, 0.25) is 0 Å². The summed E-state index contributed by atoms with van der Waals surface area (Å²) in [4.78, 5) is 14.7. The molecule has 214 valence electrons. The van der Waals surface area contributed by atoms with Crippen LogP contribution in [0.5, 0.6) is 0 Å². The molecule has 0 aromatic heterocycles. The first kappa shape index (κ1) is 33.9. The fraction of sp³-hybridized carbons (Fsp3) is 0.759. The minimum Gasteiger partial charge on any atom is -0.326 e. The third-order valence-corrected chi connectivity index (χ3v) is 8.88. The Labute approximate surface area is 233 Å². The number of halogens is 1. The molecule has 6 nitrogen and oxygen atoms in total. The lowest BCUT2D eigenvalue weighted by atomic mass is 9.95. The summed E-state index contributed by atoms with van der Waals surface area (Å²) in [7, 11) is -3.22. The van der Waals surface area contributed by atoms with Gasteiger partial charge in [-0.2, -0.15) is 0 Å². The van der Waals surface area contributed by atoms with Crippen LogP contribution >= 0.6 is 12.4 Å². The van der Waals surface area contributed by atoms with Gasteiger partial charge in [-0.05, 0) is 82.3 Å². The van der Waals surface area contributed by atoms with Crippen LogP contribution in [0.15, 0.2) is 24.3 Å². The summed E-state index contributed by atoms with van der Waals surface area (Å²) in [6.45, 7) is 9.00. The molecule has 1 aromatic rings. The number of nitrogens with zero attached hydrogens (tertiary/aromatic N) is 1. The molecule has 1 aromatic carbocycles. The van der Waals surface area contributed by atoms with Gasteiger partial charge in [0.15, 0.2) is 9.84 Å². The molecule has 1 amide bonds. The highest BCUT2D eigenvalue weighted by Gasteiger charge is 2.37. The Bertz CT molecular complexity index is 875. The van der Waals surface area contributed by atoms with Gasteiger partial charge < -0.3 is 10.6 Å². The molecule has 8 heteroatoms. The van der Waals surface area contributed by atoms with E-state index in [0.29, 0.717) is 6.42 Å². The Morgan fingerprint density at radius 1 is 1.05 bits per heavy atom. The van der Waals surface area contributed by atoms with Crippen molar-refractivity contribution in [3.8, 4) is 0 Å². The van der Waals surface area contributed by atoms with Gasteiger partial charge in [-0.3, -0.25) is 9.69 Å². The van der Waals surface area contributed by atoms with Gasteiger partial charge in [0.1, 0.15) is 5.37 Å². The van der Waals surface area contributed by atoms with E-state index < -0.39 is 15.2 Å². The average Bonchev–Trinajstić information content (AvgIpc) is 2.83. The number of nitrogens with one attached hydrogen (secondary N) is 2. The maximum atomic E-state index is 12.9. The SMILES string of the molecule is CCCCCCCCCC(=O)Nc1cccc(CC(C)N(CCC)C(C2CCNCC2)S(C)(=O)=O)c1.Cl. The number of unbranched alkanes of at least 4 members (excludes halogenated alkanes) is 6. The first-order chi connectivity index (χ1) is 17.3. The van der Waals surface area contributed by atoms with Crippen LogP contribution in [0.3, 0.4) is 0 Å². The number of carbonyl (C=O) groups is 1. The zero-order valence-electron chi connectivity index (χ0n) is 23.6. The molecule has 0 radical (unpaired) electrons. The highest BCUT2D eigenvalue weighted by atomic mass is 35.5. The number of hydrogen-bond donors (Lipinski definition) is 2. The topological polar surface area (TPSA) is 78.5 Å². The summed E-state index contributed by atoms with van der Waals surface area (Å²) < 4.78 is 25.9. The van der Waals surface area contributed by atoms with Crippen molar-refractivity contribution < 1.29 is 13.2 Å². The minimum atomic E-state index is -3.22.